The minimum Gasteiger partial charge on any atom is -0.481 e. The average Bonchev–Trinajstić information content (AvgIpc) is 2.41. The van der Waals surface area contributed by atoms with Gasteiger partial charge in [-0.15, -0.1) is 0 Å². The summed E-state index contributed by atoms with van der Waals surface area (Å²) < 4.78 is 0. The molecule has 4 N–H and O–H groups in total. The van der Waals surface area contributed by atoms with Crippen LogP contribution < -0.4 is 11.1 Å². The second kappa shape index (κ2) is 7.19. The maximum Gasteiger partial charge on any atom is 0.307 e. The molecule has 1 aliphatic heterocycles. The maximum atomic E-state index is 12.0. The molecule has 1 saturated heterocycles. The molecule has 1 aromatic rings. The van der Waals surface area contributed by atoms with Crippen molar-refractivity contribution in [2.75, 3.05) is 25.0 Å². The van der Waals surface area contributed by atoms with Crippen molar-refractivity contribution < 1.29 is 14.7 Å². The van der Waals surface area contributed by atoms with Gasteiger partial charge in [0.1, 0.15) is 0 Å². The van der Waals surface area contributed by atoms with E-state index in [1.807, 2.05) is 0 Å². The van der Waals surface area contributed by atoms with E-state index in [-0.39, 0.29) is 18.4 Å². The van der Waals surface area contributed by atoms with Gasteiger partial charge in [0, 0.05) is 24.8 Å². The van der Waals surface area contributed by atoms with E-state index < -0.39 is 5.97 Å². The zero-order chi connectivity index (χ0) is 15.2. The molecule has 1 aliphatic rings. The molecule has 6 nitrogen and oxygen atoms in total. The van der Waals surface area contributed by atoms with Gasteiger partial charge in [0.15, 0.2) is 0 Å². The van der Waals surface area contributed by atoms with E-state index in [1.165, 1.54) is 0 Å². The zero-order valence-corrected chi connectivity index (χ0v) is 11.9. The van der Waals surface area contributed by atoms with E-state index in [9.17, 15) is 9.59 Å². The lowest BCUT2D eigenvalue weighted by atomic mass is 10.1. The number of anilines is 1. The van der Waals surface area contributed by atoms with Crippen LogP contribution in [0.4, 0.5) is 5.69 Å². The summed E-state index contributed by atoms with van der Waals surface area (Å²) >= 11 is 0. The molecule has 1 amide bonds. The molecule has 0 aromatic heterocycles. The fraction of sp³-hybridized carbons (Fsp3) is 0.467. The number of nitrogens with one attached hydrogen (secondary N) is 1. The van der Waals surface area contributed by atoms with Crippen molar-refractivity contribution in [1.29, 1.82) is 0 Å². The van der Waals surface area contributed by atoms with Crippen LogP contribution in [0.25, 0.3) is 0 Å². The van der Waals surface area contributed by atoms with Crippen molar-refractivity contribution in [3.8, 4) is 0 Å². The number of rotatable bonds is 5. The van der Waals surface area contributed by atoms with Crippen LogP contribution in [0.2, 0.25) is 0 Å². The monoisotopic (exact) mass is 291 g/mol. The summed E-state index contributed by atoms with van der Waals surface area (Å²) in [5, 5.41) is 11.6. The Morgan fingerprint density at radius 1 is 1.33 bits per heavy atom. The Labute approximate surface area is 123 Å². The van der Waals surface area contributed by atoms with Crippen molar-refractivity contribution in [2.24, 2.45) is 5.73 Å². The van der Waals surface area contributed by atoms with Gasteiger partial charge in [-0.2, -0.15) is 0 Å². The molecule has 0 aliphatic carbocycles. The lowest BCUT2D eigenvalue weighted by Crippen LogP contribution is -2.43. The lowest BCUT2D eigenvalue weighted by Gasteiger charge is -2.29. The number of carboxylic acids is 1. The van der Waals surface area contributed by atoms with E-state index in [4.69, 9.17) is 10.8 Å². The summed E-state index contributed by atoms with van der Waals surface area (Å²) in [5.41, 5.74) is 7.14. The predicted octanol–water partition coefficient (Wildman–Crippen LogP) is 0.675. The zero-order valence-electron chi connectivity index (χ0n) is 11.9. The normalized spacial score (nSPS) is 16.6. The van der Waals surface area contributed by atoms with Crippen LogP contribution in [0.15, 0.2) is 24.3 Å². The van der Waals surface area contributed by atoms with Crippen molar-refractivity contribution >= 4 is 17.6 Å². The van der Waals surface area contributed by atoms with Crippen LogP contribution in [0, 0.1) is 0 Å². The standard InChI is InChI=1S/C15H21N3O3/c16-12-4-6-18(7-5-12)10-14(19)17-13-3-1-2-11(8-13)9-15(20)21/h1-3,8,12H,4-7,9-10,16H2,(H,17,19)(H,20,21). The van der Waals surface area contributed by atoms with Crippen molar-refractivity contribution in [1.82, 2.24) is 4.90 Å². The van der Waals surface area contributed by atoms with E-state index in [1.54, 1.807) is 24.3 Å². The van der Waals surface area contributed by atoms with E-state index in [2.05, 4.69) is 10.2 Å². The van der Waals surface area contributed by atoms with Crippen LogP contribution >= 0.6 is 0 Å². The molecule has 0 saturated carbocycles. The second-order valence-electron chi connectivity index (χ2n) is 5.43. The first-order valence-electron chi connectivity index (χ1n) is 7.11. The highest BCUT2D eigenvalue weighted by Gasteiger charge is 2.18. The molecular weight excluding hydrogens is 270 g/mol. The Bertz CT molecular complexity index is 511. The lowest BCUT2D eigenvalue weighted by molar-refractivity contribution is -0.136. The summed E-state index contributed by atoms with van der Waals surface area (Å²) in [7, 11) is 0. The van der Waals surface area contributed by atoms with Gasteiger partial charge >= 0.3 is 5.97 Å². The number of hydrogen-bond acceptors (Lipinski definition) is 4. The van der Waals surface area contributed by atoms with E-state index in [0.717, 1.165) is 25.9 Å². The SMILES string of the molecule is NC1CCN(CC(=O)Nc2cccc(CC(=O)O)c2)CC1. The number of nitrogens with two attached hydrogens (primary N) is 1. The maximum absolute atomic E-state index is 12.0. The molecule has 114 valence electrons. The van der Waals surface area contributed by atoms with Gasteiger partial charge in [-0.1, -0.05) is 12.1 Å². The van der Waals surface area contributed by atoms with Gasteiger partial charge in [0.2, 0.25) is 5.91 Å². The molecule has 1 aromatic carbocycles. The van der Waals surface area contributed by atoms with Crippen LogP contribution in [0.3, 0.4) is 0 Å². The third-order valence-corrected chi connectivity index (χ3v) is 3.57. The number of benzene rings is 1. The topological polar surface area (TPSA) is 95.7 Å². The Balaban J connectivity index is 1.86. The molecule has 6 heteroatoms. The van der Waals surface area contributed by atoms with Gasteiger partial charge in [-0.05, 0) is 30.5 Å². The number of carboxylic acid groups (broad SMARTS) is 1. The summed E-state index contributed by atoms with van der Waals surface area (Å²) in [6.07, 6.45) is 1.79. The molecule has 1 heterocycles. The highest BCUT2D eigenvalue weighted by atomic mass is 16.4. The van der Waals surface area contributed by atoms with Gasteiger partial charge < -0.3 is 16.2 Å². The largest absolute Gasteiger partial charge is 0.481 e. The first kappa shape index (κ1) is 15.5. The second-order valence-corrected chi connectivity index (χ2v) is 5.43. The van der Waals surface area contributed by atoms with Gasteiger partial charge in [0.25, 0.3) is 0 Å². The summed E-state index contributed by atoms with van der Waals surface area (Å²) in [5.74, 6) is -0.971. The van der Waals surface area contributed by atoms with Crippen molar-refractivity contribution in [3.63, 3.8) is 0 Å². The number of carbonyl (C=O) groups is 2. The molecule has 0 radical (unpaired) electrons. The van der Waals surface area contributed by atoms with Gasteiger partial charge in [0.05, 0.1) is 13.0 Å². The number of nitrogens with zero attached hydrogens (tertiary/aromatic N) is 1. The molecule has 0 unspecified atom stereocenters. The highest BCUT2D eigenvalue weighted by molar-refractivity contribution is 5.92. The number of piperidine rings is 1. The van der Waals surface area contributed by atoms with E-state index in [0.29, 0.717) is 17.8 Å². The van der Waals surface area contributed by atoms with E-state index >= 15 is 0 Å². The fourth-order valence-electron chi connectivity index (χ4n) is 2.45. The van der Waals surface area contributed by atoms with Gasteiger partial charge in [-0.3, -0.25) is 14.5 Å². The summed E-state index contributed by atoms with van der Waals surface area (Å²) in [4.78, 5) is 24.8. The number of amides is 1. The first-order chi connectivity index (χ1) is 10.0. The quantitative estimate of drug-likeness (QED) is 0.741. The predicted molar refractivity (Wildman–Crippen MR) is 80.1 cm³/mol. The third kappa shape index (κ3) is 5.17. The first-order valence-corrected chi connectivity index (χ1v) is 7.11. The Morgan fingerprint density at radius 2 is 2.05 bits per heavy atom. The Kier molecular flexibility index (Phi) is 5.30. The number of hydrogen-bond donors (Lipinski definition) is 3. The molecule has 2 rings (SSSR count). The van der Waals surface area contributed by atoms with Crippen LogP contribution in [-0.2, 0) is 16.0 Å². The van der Waals surface area contributed by atoms with Crippen LogP contribution in [0.5, 0.6) is 0 Å². The highest BCUT2D eigenvalue weighted by Crippen LogP contribution is 2.12. The molecule has 0 spiro atoms. The third-order valence-electron chi connectivity index (χ3n) is 3.57. The fourth-order valence-corrected chi connectivity index (χ4v) is 2.45. The van der Waals surface area contributed by atoms with Gasteiger partial charge in [-0.25, -0.2) is 0 Å². The van der Waals surface area contributed by atoms with Crippen molar-refractivity contribution in [2.45, 2.75) is 25.3 Å². The number of likely N-dealkylation sites (tertiary alicyclic amines) is 1. The molecule has 21 heavy (non-hydrogen) atoms. The minimum absolute atomic E-state index is 0.0479. The number of carbonyl (C=O) groups excluding carboxylic acids is 1. The average molecular weight is 291 g/mol. The molecule has 0 bridgehead atoms. The molecule has 0 atom stereocenters. The number of aliphatic carboxylic acids is 1. The molecule has 1 fully saturated rings. The van der Waals surface area contributed by atoms with Crippen LogP contribution in [0.1, 0.15) is 18.4 Å². The van der Waals surface area contributed by atoms with Crippen LogP contribution in [-0.4, -0.2) is 47.6 Å². The smallest absolute Gasteiger partial charge is 0.307 e. The Hall–Kier alpha value is -1.92. The van der Waals surface area contributed by atoms with Crippen molar-refractivity contribution in [3.05, 3.63) is 29.8 Å². The molecular formula is C15H21N3O3. The summed E-state index contributed by atoms with van der Waals surface area (Å²) in [6, 6.07) is 7.17. The Morgan fingerprint density at radius 3 is 2.71 bits per heavy atom. The summed E-state index contributed by atoms with van der Waals surface area (Å²) in [6.45, 7) is 2.02. The minimum atomic E-state index is -0.886.